The highest BCUT2D eigenvalue weighted by molar-refractivity contribution is 9.10. The first-order valence-electron chi connectivity index (χ1n) is 8.94. The minimum absolute atomic E-state index is 0.206. The molecule has 0 unspecified atom stereocenters. The van der Waals surface area contributed by atoms with Gasteiger partial charge >= 0.3 is 0 Å². The maximum atomic E-state index is 13.1. The van der Waals surface area contributed by atoms with Gasteiger partial charge in [0.25, 0.3) is 0 Å². The minimum atomic E-state index is -3.73. The van der Waals surface area contributed by atoms with E-state index in [1.54, 1.807) is 24.3 Å². The maximum absolute atomic E-state index is 13.1. The van der Waals surface area contributed by atoms with Crippen LogP contribution in [0.1, 0.15) is 30.4 Å². The van der Waals surface area contributed by atoms with Crippen LogP contribution in [0.2, 0.25) is 0 Å². The Labute approximate surface area is 169 Å². The van der Waals surface area contributed by atoms with Gasteiger partial charge in [0.15, 0.2) is 0 Å². The van der Waals surface area contributed by atoms with E-state index in [0.29, 0.717) is 13.0 Å². The fraction of sp³-hybridized carbons (Fsp3) is 0.350. The number of carbonyl (C=O) groups is 1. The van der Waals surface area contributed by atoms with E-state index in [4.69, 9.17) is 0 Å². The molecule has 1 saturated heterocycles. The number of aryl methyl sites for hydroxylation is 2. The van der Waals surface area contributed by atoms with Gasteiger partial charge in [-0.2, -0.15) is 4.31 Å². The summed E-state index contributed by atoms with van der Waals surface area (Å²) in [4.78, 5) is 13.2. The van der Waals surface area contributed by atoms with Gasteiger partial charge in [-0.25, -0.2) is 8.42 Å². The summed E-state index contributed by atoms with van der Waals surface area (Å²) in [6.45, 7) is 4.23. The molecule has 7 heteroatoms. The molecule has 1 heterocycles. The average Bonchev–Trinajstić information content (AvgIpc) is 2.65. The van der Waals surface area contributed by atoms with Crippen LogP contribution < -0.4 is 5.32 Å². The first-order chi connectivity index (χ1) is 12.8. The lowest BCUT2D eigenvalue weighted by molar-refractivity contribution is -0.120. The molecule has 1 fully saturated rings. The lowest BCUT2D eigenvalue weighted by Crippen LogP contribution is -2.49. The molecule has 0 aromatic heterocycles. The standard InChI is InChI=1S/C20H23BrN2O3S/c1-14-6-7-15(2)18(13-14)22-20(24)19-5-3-4-12-23(19)27(25,26)17-10-8-16(21)9-11-17/h6-11,13,19H,3-5,12H2,1-2H3,(H,22,24)/t19-/m1/s1. The Kier molecular flexibility index (Phi) is 6.03. The predicted octanol–water partition coefficient (Wildman–Crippen LogP) is 4.25. The van der Waals surface area contributed by atoms with Crippen molar-refractivity contribution in [3.05, 3.63) is 58.1 Å². The summed E-state index contributed by atoms with van der Waals surface area (Å²) < 4.78 is 28.4. The van der Waals surface area contributed by atoms with Crippen LogP contribution in [-0.2, 0) is 14.8 Å². The molecule has 1 N–H and O–H groups in total. The Morgan fingerprint density at radius 1 is 1.11 bits per heavy atom. The fourth-order valence-electron chi connectivity index (χ4n) is 3.28. The van der Waals surface area contributed by atoms with Crippen LogP contribution in [0.4, 0.5) is 5.69 Å². The third-order valence-corrected chi connectivity index (χ3v) is 7.28. The maximum Gasteiger partial charge on any atom is 0.243 e. The Balaban J connectivity index is 1.87. The summed E-state index contributed by atoms with van der Waals surface area (Å²) in [7, 11) is -3.73. The van der Waals surface area contributed by atoms with Crippen LogP contribution >= 0.6 is 15.9 Å². The van der Waals surface area contributed by atoms with Crippen molar-refractivity contribution in [1.82, 2.24) is 4.31 Å². The Morgan fingerprint density at radius 2 is 1.81 bits per heavy atom. The predicted molar refractivity (Wildman–Crippen MR) is 110 cm³/mol. The Bertz CT molecular complexity index is 942. The highest BCUT2D eigenvalue weighted by atomic mass is 79.9. The van der Waals surface area contributed by atoms with Gasteiger partial charge in [-0.1, -0.05) is 34.5 Å². The molecule has 5 nitrogen and oxygen atoms in total. The van der Waals surface area contributed by atoms with Gasteiger partial charge < -0.3 is 5.32 Å². The normalized spacial score (nSPS) is 18.3. The molecule has 2 aromatic rings. The summed E-state index contributed by atoms with van der Waals surface area (Å²) in [5.41, 5.74) is 2.72. The Hall–Kier alpha value is -1.70. The van der Waals surface area contributed by atoms with E-state index in [2.05, 4.69) is 21.2 Å². The molecule has 0 aliphatic carbocycles. The smallest absolute Gasteiger partial charge is 0.243 e. The third-order valence-electron chi connectivity index (χ3n) is 4.83. The molecule has 0 radical (unpaired) electrons. The number of nitrogens with zero attached hydrogens (tertiary/aromatic N) is 1. The fourth-order valence-corrected chi connectivity index (χ4v) is 5.20. The van der Waals surface area contributed by atoms with Crippen LogP contribution in [0.15, 0.2) is 51.8 Å². The highest BCUT2D eigenvalue weighted by Crippen LogP contribution is 2.27. The number of rotatable bonds is 4. The summed E-state index contributed by atoms with van der Waals surface area (Å²) in [5, 5.41) is 2.93. The molecule has 3 rings (SSSR count). The molecule has 0 bridgehead atoms. The van der Waals surface area contributed by atoms with E-state index in [9.17, 15) is 13.2 Å². The molecule has 1 aliphatic heterocycles. The first-order valence-corrected chi connectivity index (χ1v) is 11.2. The highest BCUT2D eigenvalue weighted by Gasteiger charge is 2.37. The molecule has 0 saturated carbocycles. The zero-order valence-electron chi connectivity index (χ0n) is 15.4. The van der Waals surface area contributed by atoms with E-state index >= 15 is 0 Å². The van der Waals surface area contributed by atoms with Crippen LogP contribution in [0.5, 0.6) is 0 Å². The number of halogens is 1. The number of amides is 1. The van der Waals surface area contributed by atoms with Crippen LogP contribution in [0.3, 0.4) is 0 Å². The van der Waals surface area contributed by atoms with E-state index < -0.39 is 16.1 Å². The topological polar surface area (TPSA) is 66.5 Å². The quantitative estimate of drug-likeness (QED) is 0.756. The minimum Gasteiger partial charge on any atom is -0.324 e. The largest absolute Gasteiger partial charge is 0.324 e. The second-order valence-electron chi connectivity index (χ2n) is 6.89. The zero-order valence-corrected chi connectivity index (χ0v) is 17.8. The number of carbonyl (C=O) groups excluding carboxylic acids is 1. The van der Waals surface area contributed by atoms with Gasteiger partial charge in [0.1, 0.15) is 6.04 Å². The van der Waals surface area contributed by atoms with Gasteiger partial charge in [0.05, 0.1) is 4.90 Å². The van der Waals surface area contributed by atoms with Crippen LogP contribution in [0, 0.1) is 13.8 Å². The molecular formula is C20H23BrN2O3S. The number of sulfonamides is 1. The molecule has 1 aliphatic rings. The number of benzene rings is 2. The monoisotopic (exact) mass is 450 g/mol. The first kappa shape index (κ1) is 20.0. The number of nitrogens with one attached hydrogen (secondary N) is 1. The van der Waals surface area contributed by atoms with Gasteiger partial charge in [0.2, 0.25) is 15.9 Å². The van der Waals surface area contributed by atoms with Crippen molar-refractivity contribution in [3.8, 4) is 0 Å². The van der Waals surface area contributed by atoms with Crippen molar-refractivity contribution in [2.24, 2.45) is 0 Å². The summed E-state index contributed by atoms with van der Waals surface area (Å²) in [5.74, 6) is -0.274. The van der Waals surface area contributed by atoms with Crippen molar-refractivity contribution < 1.29 is 13.2 Å². The van der Waals surface area contributed by atoms with Crippen molar-refractivity contribution in [2.45, 2.75) is 44.0 Å². The van der Waals surface area contributed by atoms with Gasteiger partial charge in [-0.15, -0.1) is 0 Å². The average molecular weight is 451 g/mol. The van der Waals surface area contributed by atoms with Crippen LogP contribution in [-0.4, -0.2) is 31.2 Å². The van der Waals surface area contributed by atoms with Gasteiger partial charge in [0, 0.05) is 16.7 Å². The SMILES string of the molecule is Cc1ccc(C)c(NC(=O)[C@H]2CCCCN2S(=O)(=O)c2ccc(Br)cc2)c1. The number of hydrogen-bond acceptors (Lipinski definition) is 3. The Morgan fingerprint density at radius 3 is 2.52 bits per heavy atom. The summed E-state index contributed by atoms with van der Waals surface area (Å²) in [6, 6.07) is 11.7. The summed E-state index contributed by atoms with van der Waals surface area (Å²) in [6.07, 6.45) is 2.10. The van der Waals surface area contributed by atoms with Crippen molar-refractivity contribution in [1.29, 1.82) is 0 Å². The molecule has 1 amide bonds. The number of hydrogen-bond donors (Lipinski definition) is 1. The molecular weight excluding hydrogens is 428 g/mol. The molecule has 0 spiro atoms. The lowest BCUT2D eigenvalue weighted by atomic mass is 10.0. The van der Waals surface area contributed by atoms with E-state index in [-0.39, 0.29) is 10.8 Å². The van der Waals surface area contributed by atoms with Gasteiger partial charge in [-0.3, -0.25) is 4.79 Å². The van der Waals surface area contributed by atoms with E-state index in [0.717, 1.165) is 34.1 Å². The van der Waals surface area contributed by atoms with E-state index in [1.165, 1.54) is 4.31 Å². The van der Waals surface area contributed by atoms with Crippen molar-refractivity contribution in [2.75, 3.05) is 11.9 Å². The van der Waals surface area contributed by atoms with Crippen molar-refractivity contribution in [3.63, 3.8) is 0 Å². The molecule has 27 heavy (non-hydrogen) atoms. The number of piperidine rings is 1. The second kappa shape index (κ2) is 8.12. The van der Waals surface area contributed by atoms with Crippen LogP contribution in [0.25, 0.3) is 0 Å². The molecule has 1 atom stereocenters. The summed E-state index contributed by atoms with van der Waals surface area (Å²) >= 11 is 3.32. The van der Waals surface area contributed by atoms with Gasteiger partial charge in [-0.05, 0) is 68.1 Å². The second-order valence-corrected chi connectivity index (χ2v) is 9.70. The zero-order chi connectivity index (χ0) is 19.6. The van der Waals surface area contributed by atoms with Crippen molar-refractivity contribution >= 4 is 37.5 Å². The third kappa shape index (κ3) is 4.42. The molecule has 144 valence electrons. The van der Waals surface area contributed by atoms with E-state index in [1.807, 2.05) is 32.0 Å². The lowest BCUT2D eigenvalue weighted by Gasteiger charge is -2.33. The molecule has 2 aromatic carbocycles. The number of anilines is 1.